The largest absolute Gasteiger partial charge is 0.348 e. The molecule has 0 saturated carbocycles. The minimum atomic E-state index is -0.218. The number of rotatable bonds is 5. The number of carbonyl (C=O) groups excluding carboxylic acids is 1. The molecule has 1 saturated heterocycles. The summed E-state index contributed by atoms with van der Waals surface area (Å²) in [6.45, 7) is 2.30. The summed E-state index contributed by atoms with van der Waals surface area (Å²) >= 11 is 0. The fraction of sp³-hybridized carbons (Fsp3) is 0.429. The number of halogens is 1. The molecule has 0 aliphatic carbocycles. The van der Waals surface area contributed by atoms with Crippen LogP contribution in [0.25, 0.3) is 0 Å². The van der Waals surface area contributed by atoms with E-state index < -0.39 is 0 Å². The Labute approximate surface area is 154 Å². The molecule has 3 rings (SSSR count). The number of likely N-dealkylation sites (tertiary alicyclic amines) is 1. The molecular weight excluding hydrogens is 329 g/mol. The molecule has 26 heavy (non-hydrogen) atoms. The summed E-state index contributed by atoms with van der Waals surface area (Å²) in [4.78, 5) is 20.7. The van der Waals surface area contributed by atoms with Gasteiger partial charge in [-0.3, -0.25) is 14.7 Å². The molecule has 0 spiro atoms. The Morgan fingerprint density at radius 3 is 2.73 bits per heavy atom. The van der Waals surface area contributed by atoms with E-state index in [2.05, 4.69) is 11.0 Å². The molecule has 1 aliphatic rings. The number of hydrogen-bond acceptors (Lipinski definition) is 3. The van der Waals surface area contributed by atoms with Gasteiger partial charge in [0.25, 0.3) is 0 Å². The quantitative estimate of drug-likeness (QED) is 0.827. The zero-order valence-corrected chi connectivity index (χ0v) is 15.5. The van der Waals surface area contributed by atoms with Crippen LogP contribution in [0.15, 0.2) is 42.5 Å². The minimum Gasteiger partial charge on any atom is -0.348 e. The third-order valence-electron chi connectivity index (χ3n) is 4.91. The monoisotopic (exact) mass is 355 g/mol. The number of hydrogen-bond donors (Lipinski definition) is 0. The Morgan fingerprint density at radius 2 is 2.00 bits per heavy atom. The summed E-state index contributed by atoms with van der Waals surface area (Å²) in [6.07, 6.45) is 2.87. The lowest BCUT2D eigenvalue weighted by molar-refractivity contribution is -0.130. The first-order valence-corrected chi connectivity index (χ1v) is 9.14. The van der Waals surface area contributed by atoms with E-state index in [1.54, 1.807) is 31.1 Å². The number of carbonyl (C=O) groups is 1. The van der Waals surface area contributed by atoms with Crippen molar-refractivity contribution in [3.63, 3.8) is 0 Å². The number of pyridine rings is 1. The summed E-state index contributed by atoms with van der Waals surface area (Å²) in [6, 6.07) is 12.7. The van der Waals surface area contributed by atoms with Gasteiger partial charge in [0.05, 0.1) is 6.54 Å². The maximum Gasteiger partial charge on any atom is 0.236 e. The fourth-order valence-electron chi connectivity index (χ4n) is 3.41. The number of likely N-dealkylation sites (N-methyl/N-ethyl adjacent to an activating group) is 1. The van der Waals surface area contributed by atoms with Crippen LogP contribution in [0.3, 0.4) is 0 Å². The van der Waals surface area contributed by atoms with Gasteiger partial charge in [-0.05, 0) is 49.2 Å². The normalized spacial score (nSPS) is 17.9. The van der Waals surface area contributed by atoms with Crippen molar-refractivity contribution in [2.24, 2.45) is 0 Å². The molecule has 2 heterocycles. The van der Waals surface area contributed by atoms with Crippen molar-refractivity contribution in [3.8, 4) is 0 Å². The number of benzene rings is 1. The Balaban J connectivity index is 1.67. The number of piperidine rings is 1. The molecule has 138 valence electrons. The molecule has 1 aromatic heterocycles. The molecule has 5 heteroatoms. The highest BCUT2D eigenvalue weighted by Crippen LogP contribution is 2.26. The van der Waals surface area contributed by atoms with Gasteiger partial charge in [-0.1, -0.05) is 18.2 Å². The predicted octanol–water partition coefficient (Wildman–Crippen LogP) is 3.08. The molecule has 1 fully saturated rings. The molecule has 1 atom stereocenters. The zero-order chi connectivity index (χ0) is 18.5. The van der Waals surface area contributed by atoms with Crippen molar-refractivity contribution < 1.29 is 9.18 Å². The smallest absolute Gasteiger partial charge is 0.236 e. The van der Waals surface area contributed by atoms with Crippen molar-refractivity contribution in [1.82, 2.24) is 14.8 Å². The summed E-state index contributed by atoms with van der Waals surface area (Å²) in [7, 11) is 3.59. The van der Waals surface area contributed by atoms with Crippen LogP contribution < -0.4 is 0 Å². The van der Waals surface area contributed by atoms with Crippen molar-refractivity contribution in [3.05, 3.63) is 65.2 Å². The molecule has 1 amide bonds. The summed E-state index contributed by atoms with van der Waals surface area (Å²) in [5.41, 5.74) is 3.14. The minimum absolute atomic E-state index is 0.142. The summed E-state index contributed by atoms with van der Waals surface area (Å²) < 4.78 is 13.1. The van der Waals surface area contributed by atoms with Gasteiger partial charge in [0.1, 0.15) is 5.82 Å². The van der Waals surface area contributed by atoms with Crippen LogP contribution >= 0.6 is 0 Å². The second-order valence-corrected chi connectivity index (χ2v) is 7.22. The van der Waals surface area contributed by atoms with E-state index in [9.17, 15) is 9.18 Å². The number of nitrogens with zero attached hydrogens (tertiary/aromatic N) is 3. The molecule has 1 aliphatic heterocycles. The third-order valence-corrected chi connectivity index (χ3v) is 4.91. The van der Waals surface area contributed by atoms with Gasteiger partial charge < -0.3 is 4.90 Å². The van der Waals surface area contributed by atoms with E-state index in [4.69, 9.17) is 4.98 Å². The van der Waals surface area contributed by atoms with Gasteiger partial charge in [-0.15, -0.1) is 0 Å². The van der Waals surface area contributed by atoms with Gasteiger partial charge in [0.2, 0.25) is 5.91 Å². The molecule has 0 N–H and O–H groups in total. The number of aromatic nitrogens is 1. The predicted molar refractivity (Wildman–Crippen MR) is 101 cm³/mol. The highest BCUT2D eigenvalue weighted by molar-refractivity contribution is 5.77. The van der Waals surface area contributed by atoms with Crippen LogP contribution in [-0.4, -0.2) is 54.4 Å². The van der Waals surface area contributed by atoms with E-state index in [1.165, 1.54) is 12.1 Å². The first kappa shape index (κ1) is 18.5. The van der Waals surface area contributed by atoms with Gasteiger partial charge in [0, 0.05) is 44.4 Å². The molecule has 2 aromatic rings. The van der Waals surface area contributed by atoms with Crippen molar-refractivity contribution in [2.75, 3.05) is 33.7 Å². The van der Waals surface area contributed by atoms with Gasteiger partial charge in [-0.2, -0.15) is 0 Å². The van der Waals surface area contributed by atoms with Gasteiger partial charge >= 0.3 is 0 Å². The van der Waals surface area contributed by atoms with E-state index >= 15 is 0 Å². The second kappa shape index (κ2) is 8.41. The van der Waals surface area contributed by atoms with Crippen LogP contribution in [0.4, 0.5) is 4.39 Å². The maximum absolute atomic E-state index is 13.1. The SMILES string of the molecule is CN(C)C(=O)CN1CCC[C@@H](c2cccc(Cc3ccc(F)cc3)n2)C1. The van der Waals surface area contributed by atoms with Crippen LogP contribution in [0.2, 0.25) is 0 Å². The van der Waals surface area contributed by atoms with Crippen molar-refractivity contribution in [2.45, 2.75) is 25.2 Å². The van der Waals surface area contributed by atoms with E-state index in [0.717, 1.165) is 42.9 Å². The lowest BCUT2D eigenvalue weighted by atomic mass is 9.94. The molecule has 0 bridgehead atoms. The first-order chi connectivity index (χ1) is 12.5. The molecule has 0 unspecified atom stereocenters. The zero-order valence-electron chi connectivity index (χ0n) is 15.5. The average molecular weight is 355 g/mol. The Morgan fingerprint density at radius 1 is 1.23 bits per heavy atom. The average Bonchev–Trinajstić information content (AvgIpc) is 2.64. The standard InChI is InChI=1S/C21H26FN3O/c1-24(2)21(26)15-25-12-4-5-17(14-25)20-7-3-6-19(23-20)13-16-8-10-18(22)11-9-16/h3,6-11,17H,4-5,12-15H2,1-2H3/t17-/m1/s1. The van der Waals surface area contributed by atoms with E-state index in [1.807, 2.05) is 12.1 Å². The molecule has 0 radical (unpaired) electrons. The van der Waals surface area contributed by atoms with Crippen LogP contribution in [-0.2, 0) is 11.2 Å². The van der Waals surface area contributed by atoms with Crippen molar-refractivity contribution >= 4 is 5.91 Å². The second-order valence-electron chi connectivity index (χ2n) is 7.22. The van der Waals surface area contributed by atoms with Gasteiger partial charge in [-0.25, -0.2) is 4.39 Å². The Kier molecular flexibility index (Phi) is 5.99. The molecule has 4 nitrogen and oxygen atoms in total. The highest BCUT2D eigenvalue weighted by atomic mass is 19.1. The fourth-order valence-corrected chi connectivity index (χ4v) is 3.41. The van der Waals surface area contributed by atoms with Gasteiger partial charge in [0.15, 0.2) is 0 Å². The van der Waals surface area contributed by atoms with Crippen LogP contribution in [0, 0.1) is 5.82 Å². The Hall–Kier alpha value is -2.27. The third kappa shape index (κ3) is 4.88. The van der Waals surface area contributed by atoms with E-state index in [-0.39, 0.29) is 11.7 Å². The summed E-state index contributed by atoms with van der Waals surface area (Å²) in [5, 5.41) is 0. The van der Waals surface area contributed by atoms with Crippen molar-refractivity contribution in [1.29, 1.82) is 0 Å². The van der Waals surface area contributed by atoms with Crippen LogP contribution in [0.1, 0.15) is 35.7 Å². The topological polar surface area (TPSA) is 36.4 Å². The molecular formula is C21H26FN3O. The van der Waals surface area contributed by atoms with E-state index in [0.29, 0.717) is 18.9 Å². The summed E-state index contributed by atoms with van der Waals surface area (Å²) in [5.74, 6) is 0.278. The Bertz CT molecular complexity index is 745. The molecule has 1 aromatic carbocycles. The maximum atomic E-state index is 13.1. The lowest BCUT2D eigenvalue weighted by Gasteiger charge is -2.32. The number of amides is 1. The van der Waals surface area contributed by atoms with Crippen LogP contribution in [0.5, 0.6) is 0 Å². The lowest BCUT2D eigenvalue weighted by Crippen LogP contribution is -2.41. The highest BCUT2D eigenvalue weighted by Gasteiger charge is 2.24. The first-order valence-electron chi connectivity index (χ1n) is 9.14.